The maximum Gasteiger partial charge on any atom is 0.234 e. The van der Waals surface area contributed by atoms with Crippen molar-refractivity contribution in [2.24, 2.45) is 17.1 Å². The van der Waals surface area contributed by atoms with Gasteiger partial charge in [-0.25, -0.2) is 0 Å². The number of carbonyl (C=O) groups excluding carboxylic acids is 1. The Bertz CT molecular complexity index is 650. The van der Waals surface area contributed by atoms with Crippen LogP contribution >= 0.6 is 0 Å². The first-order chi connectivity index (χ1) is 13.3. The van der Waals surface area contributed by atoms with Gasteiger partial charge in [0.1, 0.15) is 0 Å². The second-order valence-corrected chi connectivity index (χ2v) is 9.82. The van der Waals surface area contributed by atoms with E-state index in [-0.39, 0.29) is 11.9 Å². The number of para-hydroxylation sites is 1. The van der Waals surface area contributed by atoms with E-state index in [2.05, 4.69) is 54.8 Å². The number of nitrogens with two attached hydrogens (primary N) is 1. The first-order valence-corrected chi connectivity index (χ1v) is 11.2. The van der Waals surface area contributed by atoms with Gasteiger partial charge in [0, 0.05) is 31.9 Å². The van der Waals surface area contributed by atoms with Crippen LogP contribution in [0.3, 0.4) is 0 Å². The van der Waals surface area contributed by atoms with Gasteiger partial charge in [-0.3, -0.25) is 9.69 Å². The number of hydrogen-bond acceptors (Lipinski definition) is 3. The largest absolute Gasteiger partial charge is 0.369 e. The number of anilines is 1. The summed E-state index contributed by atoms with van der Waals surface area (Å²) in [6.45, 7) is 13.0. The highest BCUT2D eigenvalue weighted by molar-refractivity contribution is 5.79. The molecular weight excluding hydrogens is 346 g/mol. The maximum absolute atomic E-state index is 11.7. The van der Waals surface area contributed by atoms with E-state index < -0.39 is 0 Å². The van der Waals surface area contributed by atoms with Crippen molar-refractivity contribution in [3.05, 3.63) is 29.8 Å². The van der Waals surface area contributed by atoms with E-state index in [1.54, 1.807) is 0 Å². The molecule has 3 rings (SSSR count). The molecular formula is C24H39N3O. The van der Waals surface area contributed by atoms with Crippen LogP contribution in [-0.4, -0.2) is 43.0 Å². The van der Waals surface area contributed by atoms with Gasteiger partial charge in [0.25, 0.3) is 0 Å². The molecule has 1 amide bonds. The van der Waals surface area contributed by atoms with Crippen LogP contribution in [0.5, 0.6) is 0 Å². The molecule has 28 heavy (non-hydrogen) atoms. The molecule has 0 aromatic heterocycles. The third-order valence-corrected chi connectivity index (χ3v) is 7.14. The summed E-state index contributed by atoms with van der Waals surface area (Å²) < 4.78 is 0. The molecule has 1 saturated heterocycles. The fourth-order valence-electron chi connectivity index (χ4n) is 5.31. The molecule has 4 heteroatoms. The average Bonchev–Trinajstić information content (AvgIpc) is 2.68. The normalized spacial score (nSPS) is 25.5. The fraction of sp³-hybridized carbons (Fsp3) is 0.708. The van der Waals surface area contributed by atoms with Crippen LogP contribution in [0.15, 0.2) is 24.3 Å². The second kappa shape index (κ2) is 8.86. The van der Waals surface area contributed by atoms with Crippen LogP contribution in [0.1, 0.15) is 71.3 Å². The molecule has 0 spiro atoms. The van der Waals surface area contributed by atoms with E-state index in [1.165, 1.54) is 36.9 Å². The van der Waals surface area contributed by atoms with Gasteiger partial charge in [-0.05, 0) is 61.0 Å². The van der Waals surface area contributed by atoms with Crippen LogP contribution in [0.2, 0.25) is 0 Å². The van der Waals surface area contributed by atoms with Crippen LogP contribution in [-0.2, 0) is 4.79 Å². The lowest BCUT2D eigenvalue weighted by molar-refractivity contribution is -0.123. The zero-order valence-electron chi connectivity index (χ0n) is 18.3. The summed E-state index contributed by atoms with van der Waals surface area (Å²) in [6.07, 6.45) is 6.08. The zero-order chi connectivity index (χ0) is 20.3. The van der Waals surface area contributed by atoms with Crippen molar-refractivity contribution in [2.75, 3.05) is 31.1 Å². The Hall–Kier alpha value is -1.55. The highest BCUT2D eigenvalue weighted by atomic mass is 16.1. The molecule has 1 atom stereocenters. The first kappa shape index (κ1) is 21.2. The lowest BCUT2D eigenvalue weighted by Crippen LogP contribution is -2.54. The third kappa shape index (κ3) is 4.71. The van der Waals surface area contributed by atoms with E-state index >= 15 is 0 Å². The topological polar surface area (TPSA) is 49.6 Å². The van der Waals surface area contributed by atoms with Crippen molar-refractivity contribution in [2.45, 2.75) is 71.8 Å². The predicted octanol–water partition coefficient (Wildman–Crippen LogP) is 4.39. The molecule has 1 aliphatic heterocycles. The standard InChI is InChI=1S/C24H39N3O/c1-5-21(23(25)28)26-14-16-27(17-15-26)22-9-7-6-8-20(22)18-10-12-19(13-11-18)24(2,3)4/h6-9,18-19,21H,5,10-17H2,1-4H3,(H2,25,28). The molecule has 156 valence electrons. The molecule has 2 aliphatic rings. The average molecular weight is 386 g/mol. The summed E-state index contributed by atoms with van der Waals surface area (Å²) in [5, 5.41) is 0. The number of rotatable bonds is 5. The van der Waals surface area contributed by atoms with Crippen molar-refractivity contribution in [1.82, 2.24) is 4.90 Å². The smallest absolute Gasteiger partial charge is 0.234 e. The highest BCUT2D eigenvalue weighted by Gasteiger charge is 2.32. The van der Waals surface area contributed by atoms with Crippen LogP contribution in [0, 0.1) is 11.3 Å². The van der Waals surface area contributed by atoms with E-state index in [1.807, 2.05) is 6.92 Å². The van der Waals surface area contributed by atoms with Gasteiger partial charge in [-0.15, -0.1) is 0 Å². The van der Waals surface area contributed by atoms with Gasteiger partial charge in [0.15, 0.2) is 0 Å². The fourth-order valence-corrected chi connectivity index (χ4v) is 5.31. The molecule has 2 fully saturated rings. The number of carbonyl (C=O) groups is 1. The Morgan fingerprint density at radius 3 is 2.21 bits per heavy atom. The van der Waals surface area contributed by atoms with Gasteiger partial charge in [-0.1, -0.05) is 45.9 Å². The van der Waals surface area contributed by atoms with Crippen molar-refractivity contribution in [3.8, 4) is 0 Å². The van der Waals surface area contributed by atoms with Crippen molar-refractivity contribution >= 4 is 11.6 Å². The van der Waals surface area contributed by atoms with Gasteiger partial charge >= 0.3 is 0 Å². The number of amides is 1. The molecule has 1 aromatic rings. The zero-order valence-corrected chi connectivity index (χ0v) is 18.3. The first-order valence-electron chi connectivity index (χ1n) is 11.2. The molecule has 1 unspecified atom stereocenters. The number of benzene rings is 1. The number of hydrogen-bond donors (Lipinski definition) is 1. The Morgan fingerprint density at radius 2 is 1.68 bits per heavy atom. The summed E-state index contributed by atoms with van der Waals surface area (Å²) in [6, 6.07) is 8.90. The summed E-state index contributed by atoms with van der Waals surface area (Å²) in [7, 11) is 0. The van der Waals surface area contributed by atoms with Gasteiger partial charge in [0.05, 0.1) is 6.04 Å². The molecule has 1 aliphatic carbocycles. The minimum absolute atomic E-state index is 0.120. The Balaban J connectivity index is 1.66. The van der Waals surface area contributed by atoms with E-state index in [0.29, 0.717) is 11.3 Å². The molecule has 1 saturated carbocycles. The second-order valence-electron chi connectivity index (χ2n) is 9.82. The highest BCUT2D eigenvalue weighted by Crippen LogP contribution is 2.45. The molecule has 2 N–H and O–H groups in total. The Kier molecular flexibility index (Phi) is 6.69. The summed E-state index contributed by atoms with van der Waals surface area (Å²) in [5.41, 5.74) is 8.96. The minimum Gasteiger partial charge on any atom is -0.369 e. The third-order valence-electron chi connectivity index (χ3n) is 7.14. The SMILES string of the molecule is CCC(C(N)=O)N1CCN(c2ccccc2C2CCC(C(C)(C)C)CC2)CC1. The minimum atomic E-state index is -0.188. The van der Waals surface area contributed by atoms with E-state index in [0.717, 1.165) is 38.5 Å². The Morgan fingerprint density at radius 1 is 1.07 bits per heavy atom. The lowest BCUT2D eigenvalue weighted by atomic mass is 9.68. The molecule has 1 heterocycles. The van der Waals surface area contributed by atoms with Crippen LogP contribution in [0.4, 0.5) is 5.69 Å². The van der Waals surface area contributed by atoms with Gasteiger partial charge in [0.2, 0.25) is 5.91 Å². The van der Waals surface area contributed by atoms with Crippen molar-refractivity contribution < 1.29 is 4.79 Å². The molecule has 1 aromatic carbocycles. The summed E-state index contributed by atoms with van der Waals surface area (Å²) >= 11 is 0. The van der Waals surface area contributed by atoms with Crippen LogP contribution < -0.4 is 10.6 Å². The number of primary amides is 1. The number of nitrogens with zero attached hydrogens (tertiary/aromatic N) is 2. The molecule has 0 bridgehead atoms. The lowest BCUT2D eigenvalue weighted by Gasteiger charge is -2.41. The Labute approximate surface area is 171 Å². The monoisotopic (exact) mass is 385 g/mol. The predicted molar refractivity (Wildman–Crippen MR) is 118 cm³/mol. The summed E-state index contributed by atoms with van der Waals surface area (Å²) in [5.74, 6) is 1.34. The molecule has 4 nitrogen and oxygen atoms in total. The van der Waals surface area contributed by atoms with Gasteiger partial charge < -0.3 is 10.6 Å². The maximum atomic E-state index is 11.7. The van der Waals surface area contributed by atoms with Crippen LogP contribution in [0.25, 0.3) is 0 Å². The van der Waals surface area contributed by atoms with Crippen molar-refractivity contribution in [3.63, 3.8) is 0 Å². The van der Waals surface area contributed by atoms with Gasteiger partial charge in [-0.2, -0.15) is 0 Å². The van der Waals surface area contributed by atoms with Crippen molar-refractivity contribution in [1.29, 1.82) is 0 Å². The molecule has 0 radical (unpaired) electrons. The quantitative estimate of drug-likeness (QED) is 0.818. The van der Waals surface area contributed by atoms with E-state index in [9.17, 15) is 4.79 Å². The number of piperazine rings is 1. The van der Waals surface area contributed by atoms with E-state index in [4.69, 9.17) is 5.73 Å². The summed E-state index contributed by atoms with van der Waals surface area (Å²) in [4.78, 5) is 16.5.